The molecule has 0 saturated carbocycles. The van der Waals surface area contributed by atoms with Crippen molar-refractivity contribution in [3.8, 4) is 5.75 Å². The Balaban J connectivity index is 1.75. The van der Waals surface area contributed by atoms with E-state index < -0.39 is 10.9 Å². The number of benzene rings is 1. The van der Waals surface area contributed by atoms with Crippen LogP contribution in [0.5, 0.6) is 5.75 Å². The lowest BCUT2D eigenvalue weighted by Gasteiger charge is -2.05. The van der Waals surface area contributed by atoms with Gasteiger partial charge in [-0.2, -0.15) is 0 Å². The fourth-order valence-corrected chi connectivity index (χ4v) is 2.44. The Morgan fingerprint density at radius 3 is 2.84 bits per heavy atom. The van der Waals surface area contributed by atoms with Gasteiger partial charge in [0.15, 0.2) is 5.75 Å². The number of pyridine rings is 1. The molecule has 0 aliphatic carbocycles. The van der Waals surface area contributed by atoms with Crippen molar-refractivity contribution in [2.75, 3.05) is 7.11 Å². The quantitative estimate of drug-likeness (QED) is 0.393. The number of carbonyl (C=O) groups is 1. The predicted octanol–water partition coefficient (Wildman–Crippen LogP) is 3.26. The van der Waals surface area contributed by atoms with Gasteiger partial charge >= 0.3 is 11.7 Å². The van der Waals surface area contributed by atoms with Gasteiger partial charge in [-0.3, -0.25) is 10.1 Å². The average molecular weight is 362 g/mol. The normalized spacial score (nSPS) is 10.6. The minimum Gasteiger partial charge on any atom is -0.490 e. The molecule has 0 aliphatic rings. The van der Waals surface area contributed by atoms with Crippen LogP contribution in [0.25, 0.3) is 5.65 Å². The van der Waals surface area contributed by atoms with E-state index in [4.69, 9.17) is 21.1 Å². The summed E-state index contributed by atoms with van der Waals surface area (Å²) in [6, 6.07) is 7.31. The lowest BCUT2D eigenvalue weighted by Crippen LogP contribution is -2.06. The van der Waals surface area contributed by atoms with Gasteiger partial charge in [0.05, 0.1) is 28.3 Å². The summed E-state index contributed by atoms with van der Waals surface area (Å²) in [5.74, 6) is -0.625. The Morgan fingerprint density at radius 1 is 1.32 bits per heavy atom. The second-order valence-electron chi connectivity index (χ2n) is 5.06. The maximum absolute atomic E-state index is 12.1. The first kappa shape index (κ1) is 16.7. The Morgan fingerprint density at radius 2 is 2.12 bits per heavy atom. The highest BCUT2D eigenvalue weighted by molar-refractivity contribution is 6.30. The first-order valence-corrected chi connectivity index (χ1v) is 7.48. The third-order valence-corrected chi connectivity index (χ3v) is 3.65. The third kappa shape index (κ3) is 3.53. The molecular formula is C16H12ClN3O5. The SMILES string of the molecule is COc1ccc(C(=O)OCc2cn3cc(Cl)ccc3n2)cc1[N+](=O)[O-]. The summed E-state index contributed by atoms with van der Waals surface area (Å²) in [5.41, 5.74) is 0.938. The molecule has 0 radical (unpaired) electrons. The van der Waals surface area contributed by atoms with E-state index in [9.17, 15) is 14.9 Å². The molecule has 0 unspecified atom stereocenters. The number of carbonyl (C=O) groups excluding carboxylic acids is 1. The van der Waals surface area contributed by atoms with Crippen LogP contribution in [0.4, 0.5) is 5.69 Å². The molecule has 0 atom stereocenters. The molecule has 0 N–H and O–H groups in total. The summed E-state index contributed by atoms with van der Waals surface area (Å²) < 4.78 is 11.8. The van der Waals surface area contributed by atoms with Gasteiger partial charge in [-0.15, -0.1) is 0 Å². The van der Waals surface area contributed by atoms with Crippen LogP contribution in [-0.2, 0) is 11.3 Å². The highest BCUT2D eigenvalue weighted by Crippen LogP contribution is 2.27. The molecule has 2 aromatic heterocycles. The number of rotatable bonds is 5. The van der Waals surface area contributed by atoms with Gasteiger partial charge in [-0.25, -0.2) is 9.78 Å². The summed E-state index contributed by atoms with van der Waals surface area (Å²) >= 11 is 5.90. The van der Waals surface area contributed by atoms with E-state index in [0.717, 1.165) is 6.07 Å². The predicted molar refractivity (Wildman–Crippen MR) is 89.0 cm³/mol. The Kier molecular flexibility index (Phi) is 4.53. The topological polar surface area (TPSA) is 96.0 Å². The summed E-state index contributed by atoms with van der Waals surface area (Å²) in [4.78, 5) is 26.8. The molecule has 3 aromatic rings. The fraction of sp³-hybridized carbons (Fsp3) is 0.125. The van der Waals surface area contributed by atoms with Crippen LogP contribution in [-0.4, -0.2) is 27.4 Å². The van der Waals surface area contributed by atoms with Gasteiger partial charge in [-0.1, -0.05) is 11.6 Å². The smallest absolute Gasteiger partial charge is 0.338 e. The van der Waals surface area contributed by atoms with Gasteiger partial charge in [0.2, 0.25) is 0 Å². The van der Waals surface area contributed by atoms with Crippen molar-refractivity contribution < 1.29 is 19.2 Å². The molecule has 1 aromatic carbocycles. The highest BCUT2D eigenvalue weighted by atomic mass is 35.5. The van der Waals surface area contributed by atoms with Crippen LogP contribution in [0.15, 0.2) is 42.7 Å². The van der Waals surface area contributed by atoms with E-state index in [1.165, 1.54) is 19.2 Å². The zero-order valence-electron chi connectivity index (χ0n) is 13.0. The van der Waals surface area contributed by atoms with E-state index >= 15 is 0 Å². The van der Waals surface area contributed by atoms with Crippen LogP contribution >= 0.6 is 11.6 Å². The summed E-state index contributed by atoms with van der Waals surface area (Å²) in [6.07, 6.45) is 3.37. The van der Waals surface area contributed by atoms with E-state index in [1.54, 1.807) is 28.9 Å². The number of ether oxygens (including phenoxy) is 2. The van der Waals surface area contributed by atoms with Crippen molar-refractivity contribution in [3.05, 3.63) is 69.1 Å². The van der Waals surface area contributed by atoms with E-state index in [2.05, 4.69) is 4.98 Å². The zero-order chi connectivity index (χ0) is 18.0. The van der Waals surface area contributed by atoms with Gasteiger partial charge < -0.3 is 13.9 Å². The average Bonchev–Trinajstić information content (AvgIpc) is 3.00. The number of fused-ring (bicyclic) bond motifs is 1. The molecule has 0 saturated heterocycles. The minimum atomic E-state index is -0.694. The molecule has 9 heteroatoms. The van der Waals surface area contributed by atoms with Crippen LogP contribution in [0.3, 0.4) is 0 Å². The van der Waals surface area contributed by atoms with Crippen molar-refractivity contribution in [2.45, 2.75) is 6.61 Å². The second-order valence-corrected chi connectivity index (χ2v) is 5.50. The number of esters is 1. The number of nitro groups is 1. The lowest BCUT2D eigenvalue weighted by molar-refractivity contribution is -0.385. The maximum Gasteiger partial charge on any atom is 0.338 e. The number of nitro benzene ring substituents is 1. The number of hydrogen-bond acceptors (Lipinski definition) is 6. The summed E-state index contributed by atoms with van der Waals surface area (Å²) in [7, 11) is 1.32. The van der Waals surface area contributed by atoms with Crippen molar-refractivity contribution >= 4 is 28.9 Å². The number of aromatic nitrogens is 2. The highest BCUT2D eigenvalue weighted by Gasteiger charge is 2.19. The van der Waals surface area contributed by atoms with Crippen molar-refractivity contribution in [2.24, 2.45) is 0 Å². The van der Waals surface area contributed by atoms with Crippen LogP contribution < -0.4 is 4.74 Å². The molecule has 0 spiro atoms. The van der Waals surface area contributed by atoms with E-state index in [0.29, 0.717) is 16.4 Å². The van der Waals surface area contributed by atoms with Gasteiger partial charge in [-0.05, 0) is 24.3 Å². The minimum absolute atomic E-state index is 0.0549. The molecule has 2 heterocycles. The van der Waals surface area contributed by atoms with Crippen molar-refractivity contribution in [3.63, 3.8) is 0 Å². The maximum atomic E-state index is 12.1. The molecule has 0 aliphatic heterocycles. The first-order chi connectivity index (χ1) is 12.0. The Labute approximate surface area is 146 Å². The Hall–Kier alpha value is -3.13. The molecule has 0 amide bonds. The number of methoxy groups -OCH3 is 1. The summed E-state index contributed by atoms with van der Waals surface area (Å²) in [6.45, 7) is -0.0715. The van der Waals surface area contributed by atoms with Crippen LogP contribution in [0.2, 0.25) is 5.02 Å². The zero-order valence-corrected chi connectivity index (χ0v) is 13.8. The monoisotopic (exact) mass is 361 g/mol. The van der Waals surface area contributed by atoms with Crippen molar-refractivity contribution in [1.29, 1.82) is 0 Å². The van der Waals surface area contributed by atoms with Crippen LogP contribution in [0.1, 0.15) is 16.1 Å². The molecule has 0 fully saturated rings. The largest absolute Gasteiger partial charge is 0.490 e. The first-order valence-electron chi connectivity index (χ1n) is 7.10. The molecule has 128 valence electrons. The number of nitrogens with zero attached hydrogens (tertiary/aromatic N) is 3. The molecule has 3 rings (SSSR count). The van der Waals surface area contributed by atoms with Gasteiger partial charge in [0.1, 0.15) is 12.3 Å². The molecule has 25 heavy (non-hydrogen) atoms. The molecule has 0 bridgehead atoms. The Bertz CT molecular complexity index is 970. The molecular weight excluding hydrogens is 350 g/mol. The number of hydrogen-bond donors (Lipinski definition) is 0. The van der Waals surface area contributed by atoms with Gasteiger partial charge in [0, 0.05) is 18.5 Å². The fourth-order valence-electron chi connectivity index (χ4n) is 2.27. The van der Waals surface area contributed by atoms with Crippen LogP contribution in [0, 0.1) is 10.1 Å². The van der Waals surface area contributed by atoms with E-state index in [-0.39, 0.29) is 23.6 Å². The summed E-state index contributed by atoms with van der Waals surface area (Å²) in [5, 5.41) is 11.6. The van der Waals surface area contributed by atoms with Crippen molar-refractivity contribution in [1.82, 2.24) is 9.38 Å². The van der Waals surface area contributed by atoms with E-state index in [1.807, 2.05) is 0 Å². The number of imidazole rings is 1. The molecule has 8 nitrogen and oxygen atoms in total. The number of halogens is 1. The second kappa shape index (κ2) is 6.78. The third-order valence-electron chi connectivity index (χ3n) is 3.43. The lowest BCUT2D eigenvalue weighted by atomic mass is 10.2. The van der Waals surface area contributed by atoms with Gasteiger partial charge in [0.25, 0.3) is 0 Å². The standard InChI is InChI=1S/C16H12ClN3O5/c1-24-14-4-2-10(6-13(14)20(22)23)16(21)25-9-12-8-19-7-11(17)3-5-15(19)18-12/h2-8H,9H2,1H3.